The molecule has 4 rings (SSSR count). The summed E-state index contributed by atoms with van der Waals surface area (Å²) in [5.74, 6) is 0.578. The molecule has 1 unspecified atom stereocenters. The van der Waals surface area contributed by atoms with Gasteiger partial charge in [0.05, 0.1) is 10.9 Å². The van der Waals surface area contributed by atoms with Crippen LogP contribution in [0.3, 0.4) is 0 Å². The molecule has 0 aliphatic heterocycles. The van der Waals surface area contributed by atoms with E-state index in [1.807, 2.05) is 37.5 Å². The molecule has 24 heavy (non-hydrogen) atoms. The molecule has 1 atom stereocenters. The van der Waals surface area contributed by atoms with Crippen molar-refractivity contribution in [3.8, 4) is 11.3 Å². The SMILES string of the molecule is CC(Sc1nc2ccccn2n1)c1nc(-c2ccc(F)cc2)c[nH]1. The second kappa shape index (κ2) is 6.09. The summed E-state index contributed by atoms with van der Waals surface area (Å²) in [6.45, 7) is 2.05. The van der Waals surface area contributed by atoms with Gasteiger partial charge in [-0.2, -0.15) is 0 Å². The van der Waals surface area contributed by atoms with Crippen LogP contribution in [0.1, 0.15) is 18.0 Å². The number of aromatic nitrogens is 5. The summed E-state index contributed by atoms with van der Waals surface area (Å²) < 4.78 is 14.8. The Balaban J connectivity index is 1.54. The van der Waals surface area contributed by atoms with Gasteiger partial charge in [-0.25, -0.2) is 18.9 Å². The molecule has 1 N–H and O–H groups in total. The van der Waals surface area contributed by atoms with Gasteiger partial charge in [-0.15, -0.1) is 5.10 Å². The smallest absolute Gasteiger partial charge is 0.210 e. The number of hydrogen-bond acceptors (Lipinski definition) is 4. The second-order valence-electron chi connectivity index (χ2n) is 5.34. The minimum atomic E-state index is -0.253. The third-order valence-electron chi connectivity index (χ3n) is 3.63. The fourth-order valence-corrected chi connectivity index (χ4v) is 3.22. The molecule has 0 aliphatic carbocycles. The van der Waals surface area contributed by atoms with E-state index in [1.54, 1.807) is 16.6 Å². The van der Waals surface area contributed by atoms with Gasteiger partial charge in [0, 0.05) is 18.0 Å². The lowest BCUT2D eigenvalue weighted by atomic mass is 10.2. The van der Waals surface area contributed by atoms with E-state index in [2.05, 4.69) is 20.1 Å². The number of nitrogens with one attached hydrogen (secondary N) is 1. The third kappa shape index (κ3) is 2.90. The number of H-pyrrole nitrogens is 1. The number of hydrogen-bond donors (Lipinski definition) is 1. The van der Waals surface area contributed by atoms with Gasteiger partial charge in [0.2, 0.25) is 5.16 Å². The number of pyridine rings is 1. The first kappa shape index (κ1) is 14.9. The van der Waals surface area contributed by atoms with E-state index in [0.29, 0.717) is 5.16 Å². The molecule has 3 aromatic heterocycles. The van der Waals surface area contributed by atoms with Crippen molar-refractivity contribution in [2.75, 3.05) is 0 Å². The summed E-state index contributed by atoms with van der Waals surface area (Å²) in [5.41, 5.74) is 2.49. The highest BCUT2D eigenvalue weighted by Crippen LogP contribution is 2.32. The van der Waals surface area contributed by atoms with Gasteiger partial charge < -0.3 is 4.98 Å². The Morgan fingerprint density at radius 2 is 1.96 bits per heavy atom. The summed E-state index contributed by atoms with van der Waals surface area (Å²) >= 11 is 1.54. The number of halogens is 1. The quantitative estimate of drug-likeness (QED) is 0.568. The Morgan fingerprint density at radius 1 is 1.12 bits per heavy atom. The number of thioether (sulfide) groups is 1. The molecule has 4 aromatic rings. The van der Waals surface area contributed by atoms with Crippen molar-refractivity contribution in [3.63, 3.8) is 0 Å². The van der Waals surface area contributed by atoms with E-state index < -0.39 is 0 Å². The van der Waals surface area contributed by atoms with Gasteiger partial charge in [-0.1, -0.05) is 17.8 Å². The molecule has 0 aliphatic rings. The van der Waals surface area contributed by atoms with Crippen LogP contribution in [-0.2, 0) is 0 Å². The Hall–Kier alpha value is -2.67. The Labute approximate surface area is 142 Å². The molecule has 0 fully saturated rings. The van der Waals surface area contributed by atoms with Crippen molar-refractivity contribution in [2.24, 2.45) is 0 Å². The second-order valence-corrected chi connectivity index (χ2v) is 6.64. The number of rotatable bonds is 4. The average Bonchev–Trinajstić information content (AvgIpc) is 3.21. The van der Waals surface area contributed by atoms with E-state index in [-0.39, 0.29) is 11.1 Å². The number of aromatic amines is 1. The summed E-state index contributed by atoms with van der Waals surface area (Å²) in [5, 5.41) is 5.21. The van der Waals surface area contributed by atoms with E-state index in [4.69, 9.17) is 0 Å². The van der Waals surface area contributed by atoms with Gasteiger partial charge >= 0.3 is 0 Å². The van der Waals surface area contributed by atoms with E-state index >= 15 is 0 Å². The van der Waals surface area contributed by atoms with Crippen LogP contribution in [0.15, 0.2) is 60.0 Å². The highest BCUT2D eigenvalue weighted by atomic mass is 32.2. The predicted octanol–water partition coefficient (Wildman–Crippen LogP) is 4.11. The first-order chi connectivity index (χ1) is 11.7. The first-order valence-electron chi connectivity index (χ1n) is 7.48. The van der Waals surface area contributed by atoms with Crippen LogP contribution in [0.4, 0.5) is 4.39 Å². The predicted molar refractivity (Wildman–Crippen MR) is 91.2 cm³/mol. The van der Waals surface area contributed by atoms with Crippen LogP contribution in [0.5, 0.6) is 0 Å². The lowest BCUT2D eigenvalue weighted by Gasteiger charge is -2.04. The van der Waals surface area contributed by atoms with Crippen LogP contribution in [0.2, 0.25) is 0 Å². The maximum absolute atomic E-state index is 13.0. The topological polar surface area (TPSA) is 58.9 Å². The Bertz CT molecular complexity index is 943. The average molecular weight is 339 g/mol. The van der Waals surface area contributed by atoms with Crippen LogP contribution in [-0.4, -0.2) is 24.6 Å². The monoisotopic (exact) mass is 339 g/mol. The van der Waals surface area contributed by atoms with Gasteiger partial charge in [0.25, 0.3) is 0 Å². The molecule has 0 bridgehead atoms. The number of nitrogens with zero attached hydrogens (tertiary/aromatic N) is 4. The lowest BCUT2D eigenvalue weighted by Crippen LogP contribution is -1.92. The fourth-order valence-electron chi connectivity index (χ4n) is 2.39. The van der Waals surface area contributed by atoms with E-state index in [0.717, 1.165) is 22.7 Å². The molecule has 0 amide bonds. The highest BCUT2D eigenvalue weighted by Gasteiger charge is 2.15. The lowest BCUT2D eigenvalue weighted by molar-refractivity contribution is 0.628. The zero-order valence-electron chi connectivity index (χ0n) is 12.8. The molecule has 3 heterocycles. The fraction of sp³-hybridized carbons (Fsp3) is 0.118. The van der Waals surface area contributed by atoms with Crippen LogP contribution >= 0.6 is 11.8 Å². The molecule has 0 spiro atoms. The van der Waals surface area contributed by atoms with Gasteiger partial charge in [-0.3, -0.25) is 0 Å². The molecular formula is C17H14FN5S. The van der Waals surface area contributed by atoms with Crippen molar-refractivity contribution in [1.82, 2.24) is 24.6 Å². The molecule has 0 radical (unpaired) electrons. The van der Waals surface area contributed by atoms with E-state index in [1.165, 1.54) is 23.9 Å². The van der Waals surface area contributed by atoms with Crippen LogP contribution < -0.4 is 0 Å². The maximum atomic E-state index is 13.0. The van der Waals surface area contributed by atoms with Crippen molar-refractivity contribution in [2.45, 2.75) is 17.3 Å². The van der Waals surface area contributed by atoms with Gasteiger partial charge in [0.1, 0.15) is 11.6 Å². The van der Waals surface area contributed by atoms with Crippen molar-refractivity contribution in [1.29, 1.82) is 0 Å². The molecule has 0 saturated heterocycles. The summed E-state index contributed by atoms with van der Waals surface area (Å²) in [6.07, 6.45) is 3.70. The van der Waals surface area contributed by atoms with Crippen LogP contribution in [0, 0.1) is 5.82 Å². The molecule has 5 nitrogen and oxygen atoms in total. The minimum absolute atomic E-state index is 0.0663. The standard InChI is InChI=1S/C17H14FN5S/c1-11(24-17-21-15-4-2-3-9-23(15)22-17)16-19-10-14(20-16)12-5-7-13(18)8-6-12/h2-11H,1H3,(H,19,20). The van der Waals surface area contributed by atoms with Crippen molar-refractivity contribution in [3.05, 3.63) is 66.5 Å². The van der Waals surface area contributed by atoms with E-state index in [9.17, 15) is 4.39 Å². The van der Waals surface area contributed by atoms with Gasteiger partial charge in [-0.05, 0) is 43.3 Å². The largest absolute Gasteiger partial charge is 0.347 e. The zero-order chi connectivity index (χ0) is 16.5. The number of benzene rings is 1. The molecule has 120 valence electrons. The molecular weight excluding hydrogens is 325 g/mol. The maximum Gasteiger partial charge on any atom is 0.210 e. The minimum Gasteiger partial charge on any atom is -0.347 e. The first-order valence-corrected chi connectivity index (χ1v) is 8.36. The normalized spacial score (nSPS) is 12.6. The molecule has 1 aromatic carbocycles. The molecule has 7 heteroatoms. The Kier molecular flexibility index (Phi) is 3.78. The van der Waals surface area contributed by atoms with Crippen LogP contribution in [0.25, 0.3) is 16.9 Å². The molecule has 0 saturated carbocycles. The van der Waals surface area contributed by atoms with Crippen molar-refractivity contribution < 1.29 is 4.39 Å². The Morgan fingerprint density at radius 3 is 2.75 bits per heavy atom. The van der Waals surface area contributed by atoms with Crippen molar-refractivity contribution >= 4 is 17.4 Å². The summed E-state index contributed by atoms with van der Waals surface area (Å²) in [6, 6.07) is 12.1. The summed E-state index contributed by atoms with van der Waals surface area (Å²) in [4.78, 5) is 12.3. The highest BCUT2D eigenvalue weighted by molar-refractivity contribution is 7.99. The number of fused-ring (bicyclic) bond motifs is 1. The summed E-state index contributed by atoms with van der Waals surface area (Å²) in [7, 11) is 0. The third-order valence-corrected chi connectivity index (χ3v) is 4.59. The van der Waals surface area contributed by atoms with Gasteiger partial charge in [0.15, 0.2) is 5.65 Å². The number of imidazole rings is 1. The zero-order valence-corrected chi connectivity index (χ0v) is 13.7.